The van der Waals surface area contributed by atoms with Gasteiger partial charge in [0, 0.05) is 31.8 Å². The molecule has 0 radical (unpaired) electrons. The molecule has 4 nitrogen and oxygen atoms in total. The van der Waals surface area contributed by atoms with Gasteiger partial charge in [0.2, 0.25) is 0 Å². The highest BCUT2D eigenvalue weighted by Crippen LogP contribution is 2.17. The molecule has 4 heteroatoms. The largest absolute Gasteiger partial charge is 0.389 e. The Bertz CT molecular complexity index is 525. The van der Waals surface area contributed by atoms with Crippen LogP contribution in [0.2, 0.25) is 0 Å². The van der Waals surface area contributed by atoms with Gasteiger partial charge in [-0.3, -0.25) is 9.88 Å². The predicted octanol–water partition coefficient (Wildman–Crippen LogP) is 1.67. The molecule has 1 N–H and O–H groups in total. The van der Waals surface area contributed by atoms with Crippen molar-refractivity contribution in [3.63, 3.8) is 0 Å². The van der Waals surface area contributed by atoms with E-state index >= 15 is 0 Å². The first-order valence-electron chi connectivity index (χ1n) is 6.39. The smallest absolute Gasteiger partial charge is 0.0900 e. The monoisotopic (exact) mass is 260 g/mol. The molecule has 1 atom stereocenters. The Kier molecular flexibility index (Phi) is 4.85. The molecule has 102 valence electrons. The van der Waals surface area contributed by atoms with Gasteiger partial charge >= 0.3 is 0 Å². The van der Waals surface area contributed by atoms with Crippen LogP contribution in [0.15, 0.2) is 36.5 Å². The number of ether oxygens (including phenoxy) is 1. The molecule has 1 heterocycles. The summed E-state index contributed by atoms with van der Waals surface area (Å²) in [6.45, 7) is 1.70. The van der Waals surface area contributed by atoms with Crippen molar-refractivity contribution < 1.29 is 9.84 Å². The fraction of sp³-hybridized carbons (Fsp3) is 0.400. The standard InChI is InChI=1S/C15H20N2O2/c1-17(10-14(18)11-19-2)9-13-6-3-5-12-7-4-8-16-15(12)13/h3-8,14,18H,9-11H2,1-2H3. The van der Waals surface area contributed by atoms with Crippen molar-refractivity contribution in [1.29, 1.82) is 0 Å². The third-order valence-electron chi connectivity index (χ3n) is 3.04. The highest BCUT2D eigenvalue weighted by Gasteiger charge is 2.10. The zero-order chi connectivity index (χ0) is 13.7. The maximum absolute atomic E-state index is 9.73. The van der Waals surface area contributed by atoms with E-state index in [2.05, 4.69) is 28.1 Å². The van der Waals surface area contributed by atoms with Crippen molar-refractivity contribution in [2.24, 2.45) is 0 Å². The summed E-state index contributed by atoms with van der Waals surface area (Å²) in [6.07, 6.45) is 1.35. The first-order chi connectivity index (χ1) is 9.20. The Morgan fingerprint density at radius 1 is 1.32 bits per heavy atom. The second-order valence-corrected chi connectivity index (χ2v) is 4.80. The summed E-state index contributed by atoms with van der Waals surface area (Å²) < 4.78 is 4.94. The second-order valence-electron chi connectivity index (χ2n) is 4.80. The summed E-state index contributed by atoms with van der Waals surface area (Å²) in [7, 11) is 3.58. The van der Waals surface area contributed by atoms with Crippen molar-refractivity contribution in [1.82, 2.24) is 9.88 Å². The molecule has 1 aromatic heterocycles. The molecule has 2 aromatic rings. The van der Waals surface area contributed by atoms with E-state index in [1.165, 1.54) is 5.56 Å². The molecule has 1 aromatic carbocycles. The maximum atomic E-state index is 9.73. The molecule has 1 unspecified atom stereocenters. The van der Waals surface area contributed by atoms with Crippen LogP contribution in [-0.4, -0.2) is 48.4 Å². The molecule has 2 rings (SSSR count). The van der Waals surface area contributed by atoms with Crippen molar-refractivity contribution in [2.45, 2.75) is 12.6 Å². The average molecular weight is 260 g/mol. The molecule has 0 aliphatic rings. The van der Waals surface area contributed by atoms with E-state index < -0.39 is 6.10 Å². The molecule has 0 aliphatic heterocycles. The summed E-state index contributed by atoms with van der Waals surface area (Å²) in [5.41, 5.74) is 2.20. The minimum Gasteiger partial charge on any atom is -0.389 e. The lowest BCUT2D eigenvalue weighted by Gasteiger charge is -2.20. The molecule has 0 saturated carbocycles. The van der Waals surface area contributed by atoms with Gasteiger partial charge in [0.25, 0.3) is 0 Å². The summed E-state index contributed by atoms with van der Waals surface area (Å²) in [5, 5.41) is 10.9. The first-order valence-corrected chi connectivity index (χ1v) is 6.39. The van der Waals surface area contributed by atoms with Crippen LogP contribution < -0.4 is 0 Å². The van der Waals surface area contributed by atoms with Crippen LogP contribution in [0.1, 0.15) is 5.56 Å². The lowest BCUT2D eigenvalue weighted by Crippen LogP contribution is -2.31. The Morgan fingerprint density at radius 3 is 2.89 bits per heavy atom. The van der Waals surface area contributed by atoms with Crippen LogP contribution in [0, 0.1) is 0 Å². The van der Waals surface area contributed by atoms with Crippen LogP contribution in [-0.2, 0) is 11.3 Å². The van der Waals surface area contributed by atoms with Crippen molar-refractivity contribution in [3.8, 4) is 0 Å². The minimum absolute atomic E-state index is 0.359. The topological polar surface area (TPSA) is 45.6 Å². The van der Waals surface area contributed by atoms with Gasteiger partial charge in [0.05, 0.1) is 18.2 Å². The van der Waals surface area contributed by atoms with E-state index in [0.717, 1.165) is 17.4 Å². The number of benzene rings is 1. The van der Waals surface area contributed by atoms with Gasteiger partial charge in [-0.15, -0.1) is 0 Å². The Balaban J connectivity index is 2.08. The lowest BCUT2D eigenvalue weighted by molar-refractivity contribution is 0.0419. The zero-order valence-electron chi connectivity index (χ0n) is 11.4. The Morgan fingerprint density at radius 2 is 2.11 bits per heavy atom. The van der Waals surface area contributed by atoms with Gasteiger partial charge in [0.15, 0.2) is 0 Å². The van der Waals surface area contributed by atoms with Crippen LogP contribution >= 0.6 is 0 Å². The number of aromatic nitrogens is 1. The molecule has 19 heavy (non-hydrogen) atoms. The second kappa shape index (κ2) is 6.61. The third kappa shape index (κ3) is 3.73. The molecule has 0 saturated heterocycles. The number of fused-ring (bicyclic) bond motifs is 1. The number of methoxy groups -OCH3 is 1. The van der Waals surface area contributed by atoms with E-state index in [1.807, 2.05) is 25.4 Å². The summed E-state index contributed by atoms with van der Waals surface area (Å²) in [5.74, 6) is 0. The highest BCUT2D eigenvalue weighted by atomic mass is 16.5. The fourth-order valence-electron chi connectivity index (χ4n) is 2.26. The first kappa shape index (κ1) is 13.9. The zero-order valence-corrected chi connectivity index (χ0v) is 11.4. The number of hydrogen-bond acceptors (Lipinski definition) is 4. The fourth-order valence-corrected chi connectivity index (χ4v) is 2.26. The van der Waals surface area contributed by atoms with Crippen molar-refractivity contribution in [3.05, 3.63) is 42.1 Å². The normalized spacial score (nSPS) is 13.1. The number of aliphatic hydroxyl groups excluding tert-OH is 1. The van der Waals surface area contributed by atoms with E-state index in [9.17, 15) is 5.11 Å². The number of rotatable bonds is 6. The molecule has 0 aliphatic carbocycles. The summed E-state index contributed by atoms with van der Waals surface area (Å²) in [6, 6.07) is 10.2. The van der Waals surface area contributed by atoms with Crippen molar-refractivity contribution >= 4 is 10.9 Å². The molecular formula is C15H20N2O2. The third-order valence-corrected chi connectivity index (χ3v) is 3.04. The minimum atomic E-state index is -0.460. The Labute approximate surface area is 113 Å². The number of aliphatic hydroxyl groups is 1. The number of para-hydroxylation sites is 1. The number of nitrogens with zero attached hydrogens (tertiary/aromatic N) is 2. The number of hydrogen-bond donors (Lipinski definition) is 1. The number of pyridine rings is 1. The summed E-state index contributed by atoms with van der Waals surface area (Å²) in [4.78, 5) is 6.51. The van der Waals surface area contributed by atoms with Gasteiger partial charge in [-0.2, -0.15) is 0 Å². The van der Waals surface area contributed by atoms with E-state index in [4.69, 9.17) is 4.74 Å². The van der Waals surface area contributed by atoms with Gasteiger partial charge < -0.3 is 9.84 Å². The predicted molar refractivity (Wildman–Crippen MR) is 76.0 cm³/mol. The number of likely N-dealkylation sites (N-methyl/N-ethyl adjacent to an activating group) is 1. The molecular weight excluding hydrogens is 240 g/mol. The molecule has 0 amide bonds. The van der Waals surface area contributed by atoms with E-state index in [1.54, 1.807) is 7.11 Å². The maximum Gasteiger partial charge on any atom is 0.0900 e. The molecule has 0 fully saturated rings. The van der Waals surface area contributed by atoms with Gasteiger partial charge in [-0.05, 0) is 18.7 Å². The highest BCUT2D eigenvalue weighted by molar-refractivity contribution is 5.81. The van der Waals surface area contributed by atoms with Crippen molar-refractivity contribution in [2.75, 3.05) is 27.3 Å². The van der Waals surface area contributed by atoms with Crippen LogP contribution in [0.5, 0.6) is 0 Å². The summed E-state index contributed by atoms with van der Waals surface area (Å²) >= 11 is 0. The van der Waals surface area contributed by atoms with E-state index in [0.29, 0.717) is 13.2 Å². The lowest BCUT2D eigenvalue weighted by atomic mass is 10.1. The van der Waals surface area contributed by atoms with Gasteiger partial charge in [0.1, 0.15) is 0 Å². The Hall–Kier alpha value is -1.49. The average Bonchev–Trinajstić information content (AvgIpc) is 2.39. The van der Waals surface area contributed by atoms with Crippen LogP contribution in [0.25, 0.3) is 10.9 Å². The molecule has 0 bridgehead atoms. The van der Waals surface area contributed by atoms with Gasteiger partial charge in [-0.25, -0.2) is 0 Å². The van der Waals surface area contributed by atoms with E-state index in [-0.39, 0.29) is 0 Å². The van der Waals surface area contributed by atoms with Crippen LogP contribution in [0.3, 0.4) is 0 Å². The SMILES string of the molecule is COCC(O)CN(C)Cc1cccc2cccnc12. The van der Waals surface area contributed by atoms with Gasteiger partial charge in [-0.1, -0.05) is 24.3 Å². The van der Waals surface area contributed by atoms with Crippen LogP contribution in [0.4, 0.5) is 0 Å². The quantitative estimate of drug-likeness (QED) is 0.858. The molecule has 0 spiro atoms.